The minimum absolute atomic E-state index is 0.113. The van der Waals surface area contributed by atoms with E-state index in [0.29, 0.717) is 5.56 Å². The third-order valence-electron chi connectivity index (χ3n) is 6.93. The first kappa shape index (κ1) is 34.4. The quantitative estimate of drug-likeness (QED) is 0.276. The zero-order chi connectivity index (χ0) is 33.0. The maximum atomic E-state index is 13.5. The van der Waals surface area contributed by atoms with Crippen molar-refractivity contribution in [3.8, 4) is 0 Å². The molecule has 4 N–H and O–H groups in total. The van der Waals surface area contributed by atoms with E-state index in [1.807, 2.05) is 0 Å². The summed E-state index contributed by atoms with van der Waals surface area (Å²) in [5.41, 5.74) is 4.72. The second-order valence-corrected chi connectivity index (χ2v) is 10.2. The fourth-order valence-electron chi connectivity index (χ4n) is 4.79. The highest BCUT2D eigenvalue weighted by Gasteiger charge is 2.39. The number of hydrogen-bond donors (Lipinski definition) is 3. The lowest BCUT2D eigenvalue weighted by Crippen LogP contribution is -2.48. The highest BCUT2D eigenvalue weighted by molar-refractivity contribution is 6.20. The molecule has 1 heterocycles. The number of primary amides is 1. The van der Waals surface area contributed by atoms with E-state index in [1.165, 1.54) is 18.2 Å². The molecule has 0 radical (unpaired) electrons. The van der Waals surface area contributed by atoms with Crippen molar-refractivity contribution < 1.29 is 53.9 Å². The third kappa shape index (κ3) is 9.19. The van der Waals surface area contributed by atoms with Gasteiger partial charge in [-0.15, -0.1) is 0 Å². The monoisotopic (exact) mass is 638 g/mol. The lowest BCUT2D eigenvalue weighted by Gasteiger charge is -2.26. The van der Waals surface area contributed by atoms with Crippen LogP contribution >= 0.6 is 0 Å². The molecule has 2 aromatic rings. The SMILES string of the molecule is Cc1cccc2c1NC(=O)[C@@H](NC(=O)C(CCC(F)(F)F)C(CCCC(F)(F)F)C(N)=O)N=C2c1cccc(C(F)(F)F)c1. The number of para-hydroxylation sites is 1. The number of nitrogens with two attached hydrogens (primary N) is 1. The number of hydrogen-bond acceptors (Lipinski definition) is 4. The van der Waals surface area contributed by atoms with E-state index in [-0.39, 0.29) is 22.5 Å². The number of halogens is 9. The van der Waals surface area contributed by atoms with E-state index >= 15 is 0 Å². The minimum atomic E-state index is -4.82. The average Bonchev–Trinajstić information content (AvgIpc) is 3.03. The van der Waals surface area contributed by atoms with Gasteiger partial charge in [-0.2, -0.15) is 39.5 Å². The van der Waals surface area contributed by atoms with E-state index in [9.17, 15) is 53.9 Å². The lowest BCUT2D eigenvalue weighted by atomic mass is 9.83. The molecular formula is C28H27F9N4O3. The molecule has 0 fully saturated rings. The van der Waals surface area contributed by atoms with Crippen molar-refractivity contribution in [1.29, 1.82) is 0 Å². The van der Waals surface area contributed by atoms with Crippen molar-refractivity contribution in [1.82, 2.24) is 5.32 Å². The topological polar surface area (TPSA) is 114 Å². The molecule has 7 nitrogen and oxygen atoms in total. The number of aryl methyl sites for hydroxylation is 1. The molecule has 0 aliphatic carbocycles. The van der Waals surface area contributed by atoms with Crippen LogP contribution in [0.5, 0.6) is 0 Å². The summed E-state index contributed by atoms with van der Waals surface area (Å²) in [5.74, 6) is -7.34. The van der Waals surface area contributed by atoms with Gasteiger partial charge in [-0.1, -0.05) is 30.3 Å². The smallest absolute Gasteiger partial charge is 0.369 e. The number of rotatable bonds is 10. The molecule has 240 valence electrons. The van der Waals surface area contributed by atoms with Crippen LogP contribution in [-0.4, -0.2) is 42.0 Å². The Balaban J connectivity index is 2.04. The maximum absolute atomic E-state index is 13.5. The Hall–Kier alpha value is -4.11. The van der Waals surface area contributed by atoms with Crippen LogP contribution in [0.2, 0.25) is 0 Å². The van der Waals surface area contributed by atoms with Crippen molar-refractivity contribution in [2.24, 2.45) is 22.6 Å². The highest BCUT2D eigenvalue weighted by Crippen LogP contribution is 2.34. The molecule has 2 unspecified atom stereocenters. The Bertz CT molecular complexity index is 1420. The molecule has 2 aromatic carbocycles. The molecule has 0 aromatic heterocycles. The van der Waals surface area contributed by atoms with Gasteiger partial charge >= 0.3 is 18.5 Å². The maximum Gasteiger partial charge on any atom is 0.416 e. The van der Waals surface area contributed by atoms with E-state index < -0.39 is 91.9 Å². The van der Waals surface area contributed by atoms with Gasteiger partial charge in [-0.3, -0.25) is 14.4 Å². The van der Waals surface area contributed by atoms with E-state index in [0.717, 1.165) is 18.2 Å². The zero-order valence-corrected chi connectivity index (χ0v) is 23.0. The van der Waals surface area contributed by atoms with Gasteiger partial charge in [0.05, 0.1) is 17.0 Å². The van der Waals surface area contributed by atoms with Crippen LogP contribution in [0.3, 0.4) is 0 Å². The number of aliphatic imine (C=N–C) groups is 1. The molecule has 3 atom stereocenters. The van der Waals surface area contributed by atoms with Crippen LogP contribution in [0.15, 0.2) is 47.5 Å². The van der Waals surface area contributed by atoms with Gasteiger partial charge < -0.3 is 16.4 Å². The summed E-state index contributed by atoms with van der Waals surface area (Å²) in [6, 6.07) is 8.48. The number of anilines is 1. The number of alkyl halides is 9. The Morgan fingerprint density at radius 1 is 0.932 bits per heavy atom. The predicted molar refractivity (Wildman–Crippen MR) is 140 cm³/mol. The molecule has 0 bridgehead atoms. The summed E-state index contributed by atoms with van der Waals surface area (Å²) in [6.07, 6.45) is -21.6. The van der Waals surface area contributed by atoms with Crippen molar-refractivity contribution in [3.05, 3.63) is 64.7 Å². The second kappa shape index (κ2) is 13.3. The van der Waals surface area contributed by atoms with Crippen LogP contribution in [0, 0.1) is 18.8 Å². The number of nitrogens with zero attached hydrogens (tertiary/aromatic N) is 1. The Morgan fingerprint density at radius 2 is 1.57 bits per heavy atom. The number of carbonyl (C=O) groups is 3. The molecule has 1 aliphatic heterocycles. The van der Waals surface area contributed by atoms with E-state index in [2.05, 4.69) is 15.6 Å². The molecule has 0 saturated carbocycles. The summed E-state index contributed by atoms with van der Waals surface area (Å²) in [7, 11) is 0. The standard InChI is InChI=1S/C28H27F9N4O3/c1-14-5-2-8-19-20(14)40-25(44)23(39-21(19)15-6-3-7-16(13-15)28(35,36)37)41-24(43)18(10-12-27(32,33)34)17(22(38)42)9-4-11-26(29,30)31/h2-3,5-8,13,17-18,23H,4,9-12H2,1H3,(H2,38,42)(H,40,44)(H,41,43)/t17?,18?,23-/m1/s1. The van der Waals surface area contributed by atoms with Crippen LogP contribution in [-0.2, 0) is 20.6 Å². The third-order valence-corrected chi connectivity index (χ3v) is 6.93. The lowest BCUT2D eigenvalue weighted by molar-refractivity contribution is -0.147. The second-order valence-electron chi connectivity index (χ2n) is 10.2. The van der Waals surface area contributed by atoms with Gasteiger partial charge in [-0.05, 0) is 43.9 Å². The molecule has 3 rings (SSSR count). The minimum Gasteiger partial charge on any atom is -0.369 e. The van der Waals surface area contributed by atoms with Gasteiger partial charge in [0.15, 0.2) is 0 Å². The predicted octanol–water partition coefficient (Wildman–Crippen LogP) is 6.04. The molecule has 44 heavy (non-hydrogen) atoms. The first-order valence-electron chi connectivity index (χ1n) is 13.2. The molecule has 0 saturated heterocycles. The summed E-state index contributed by atoms with van der Waals surface area (Å²) in [4.78, 5) is 42.9. The Kier molecular flexibility index (Phi) is 10.4. The van der Waals surface area contributed by atoms with Crippen LogP contribution in [0.4, 0.5) is 45.2 Å². The van der Waals surface area contributed by atoms with Crippen molar-refractivity contribution in [2.45, 2.75) is 63.7 Å². The summed E-state index contributed by atoms with van der Waals surface area (Å²) < 4.78 is 118. The fraction of sp³-hybridized carbons (Fsp3) is 0.429. The average molecular weight is 639 g/mol. The van der Waals surface area contributed by atoms with Gasteiger partial charge in [0.2, 0.25) is 18.0 Å². The zero-order valence-electron chi connectivity index (χ0n) is 23.0. The molecule has 1 aliphatic rings. The Morgan fingerprint density at radius 3 is 2.16 bits per heavy atom. The number of benzodiazepines with no additional fused rings is 1. The number of carbonyl (C=O) groups excluding carboxylic acids is 3. The summed E-state index contributed by atoms with van der Waals surface area (Å²) in [6.45, 7) is 1.58. The molecular weight excluding hydrogens is 611 g/mol. The van der Waals surface area contributed by atoms with Crippen LogP contribution < -0.4 is 16.4 Å². The summed E-state index contributed by atoms with van der Waals surface area (Å²) >= 11 is 0. The number of fused-ring (bicyclic) bond motifs is 1. The van der Waals surface area contributed by atoms with E-state index in [4.69, 9.17) is 5.73 Å². The van der Waals surface area contributed by atoms with Crippen LogP contribution in [0.1, 0.15) is 54.4 Å². The highest BCUT2D eigenvalue weighted by atomic mass is 19.4. The first-order chi connectivity index (χ1) is 20.3. The van der Waals surface area contributed by atoms with Gasteiger partial charge in [0.1, 0.15) is 0 Å². The van der Waals surface area contributed by atoms with Crippen LogP contribution in [0.25, 0.3) is 0 Å². The number of amides is 3. The van der Waals surface area contributed by atoms with Gasteiger partial charge in [0, 0.05) is 35.8 Å². The molecule has 3 amide bonds. The van der Waals surface area contributed by atoms with Crippen molar-refractivity contribution in [3.63, 3.8) is 0 Å². The van der Waals surface area contributed by atoms with Gasteiger partial charge in [-0.25, -0.2) is 4.99 Å². The number of benzene rings is 2. The Labute approximate surface area is 245 Å². The molecule has 0 spiro atoms. The first-order valence-corrected chi connectivity index (χ1v) is 13.2. The van der Waals surface area contributed by atoms with Crippen molar-refractivity contribution in [2.75, 3.05) is 5.32 Å². The largest absolute Gasteiger partial charge is 0.416 e. The van der Waals surface area contributed by atoms with Gasteiger partial charge in [0.25, 0.3) is 5.91 Å². The van der Waals surface area contributed by atoms with E-state index in [1.54, 1.807) is 13.0 Å². The number of nitrogens with one attached hydrogen (secondary N) is 2. The molecule has 16 heteroatoms. The summed E-state index contributed by atoms with van der Waals surface area (Å²) in [5, 5.41) is 4.63. The fourth-order valence-corrected chi connectivity index (χ4v) is 4.79. The normalized spacial score (nSPS) is 17.1. The van der Waals surface area contributed by atoms with Crippen molar-refractivity contribution >= 4 is 29.1 Å².